The average Bonchev–Trinajstić information content (AvgIpc) is 2.69. The molecule has 3 nitrogen and oxygen atoms in total. The van der Waals surface area contributed by atoms with Crippen LogP contribution in [-0.2, 0) is 13.5 Å². The van der Waals surface area contributed by atoms with Crippen molar-refractivity contribution in [3.8, 4) is 0 Å². The van der Waals surface area contributed by atoms with Crippen LogP contribution in [0.1, 0.15) is 30.4 Å². The molecule has 2 heterocycles. The van der Waals surface area contributed by atoms with Gasteiger partial charge in [-0.1, -0.05) is 12.1 Å². The molecule has 1 aromatic heterocycles. The summed E-state index contributed by atoms with van der Waals surface area (Å²) in [5.41, 5.74) is 10.8. The van der Waals surface area contributed by atoms with Crippen LogP contribution in [0.3, 0.4) is 0 Å². The van der Waals surface area contributed by atoms with Gasteiger partial charge in [-0.15, -0.1) is 0 Å². The molecule has 0 saturated carbocycles. The molecule has 2 N–H and O–H groups in total. The Bertz CT molecular complexity index is 683. The third-order valence-electron chi connectivity index (χ3n) is 5.28. The number of fused-ring (bicyclic) bond motifs is 2. The molecular weight excluding hydrogens is 246 g/mol. The van der Waals surface area contributed by atoms with E-state index in [1.165, 1.54) is 22.0 Å². The SMILES string of the molecule is CN1CC(C)(N)C[C@@H]2c3cccc4c3c(cn4C)C[C@H]21. The molecule has 1 aliphatic carbocycles. The van der Waals surface area contributed by atoms with Crippen molar-refractivity contribution >= 4 is 10.9 Å². The molecule has 1 unspecified atom stereocenters. The van der Waals surface area contributed by atoms with E-state index >= 15 is 0 Å². The van der Waals surface area contributed by atoms with Crippen molar-refractivity contribution in [3.63, 3.8) is 0 Å². The van der Waals surface area contributed by atoms with Gasteiger partial charge in [-0.3, -0.25) is 0 Å². The Labute approximate surface area is 120 Å². The second-order valence-electron chi connectivity index (χ2n) is 7.16. The van der Waals surface area contributed by atoms with Crippen LogP contribution in [-0.4, -0.2) is 34.6 Å². The highest BCUT2D eigenvalue weighted by Gasteiger charge is 2.42. The quantitative estimate of drug-likeness (QED) is 0.796. The first-order valence-corrected chi connectivity index (χ1v) is 7.52. The summed E-state index contributed by atoms with van der Waals surface area (Å²) in [4.78, 5) is 2.48. The second-order valence-corrected chi connectivity index (χ2v) is 7.16. The van der Waals surface area contributed by atoms with E-state index in [4.69, 9.17) is 5.73 Å². The van der Waals surface area contributed by atoms with Crippen molar-refractivity contribution in [2.75, 3.05) is 13.6 Å². The molecule has 2 aliphatic rings. The minimum Gasteiger partial charge on any atom is -0.350 e. The first kappa shape index (κ1) is 12.4. The Morgan fingerprint density at radius 1 is 1.30 bits per heavy atom. The standard InChI is InChI=1S/C17H23N3/c1-17(18)8-13-12-5-4-6-14-16(12)11(9-19(14)2)7-15(13)20(3)10-17/h4-6,9,13,15H,7-8,10,18H2,1-3H3/t13-,15-,17?/m1/s1. The Hall–Kier alpha value is -1.32. The van der Waals surface area contributed by atoms with Gasteiger partial charge in [0.15, 0.2) is 0 Å². The van der Waals surface area contributed by atoms with E-state index in [0.29, 0.717) is 12.0 Å². The number of likely N-dealkylation sites (N-methyl/N-ethyl adjacent to an activating group) is 1. The number of piperidine rings is 1. The molecule has 1 fully saturated rings. The van der Waals surface area contributed by atoms with Crippen LogP contribution in [0.4, 0.5) is 0 Å². The van der Waals surface area contributed by atoms with Crippen molar-refractivity contribution in [1.29, 1.82) is 0 Å². The fourth-order valence-electron chi connectivity index (χ4n) is 4.57. The number of aryl methyl sites for hydroxylation is 1. The monoisotopic (exact) mass is 269 g/mol. The molecule has 3 atom stereocenters. The molecule has 4 rings (SSSR count). The minimum atomic E-state index is -0.0790. The van der Waals surface area contributed by atoms with Crippen LogP contribution in [0.2, 0.25) is 0 Å². The lowest BCUT2D eigenvalue weighted by atomic mass is 9.71. The van der Waals surface area contributed by atoms with E-state index in [-0.39, 0.29) is 5.54 Å². The summed E-state index contributed by atoms with van der Waals surface area (Å²) in [5, 5.41) is 1.49. The lowest BCUT2D eigenvalue weighted by Crippen LogP contribution is -2.58. The fourth-order valence-corrected chi connectivity index (χ4v) is 4.57. The fraction of sp³-hybridized carbons (Fsp3) is 0.529. The van der Waals surface area contributed by atoms with Crippen LogP contribution in [0.15, 0.2) is 24.4 Å². The van der Waals surface area contributed by atoms with Crippen LogP contribution >= 0.6 is 0 Å². The number of rotatable bonds is 0. The smallest absolute Gasteiger partial charge is 0.0483 e. The summed E-state index contributed by atoms with van der Waals surface area (Å²) in [6.07, 6.45) is 4.57. The van der Waals surface area contributed by atoms with Crippen molar-refractivity contribution in [2.24, 2.45) is 12.8 Å². The third-order valence-corrected chi connectivity index (χ3v) is 5.28. The number of likely N-dealkylation sites (tertiary alicyclic amines) is 1. The molecule has 0 radical (unpaired) electrons. The van der Waals surface area contributed by atoms with E-state index in [1.807, 2.05) is 0 Å². The maximum absolute atomic E-state index is 6.48. The molecule has 0 spiro atoms. The van der Waals surface area contributed by atoms with Gasteiger partial charge in [-0.05, 0) is 44.0 Å². The van der Waals surface area contributed by atoms with E-state index in [0.717, 1.165) is 19.4 Å². The van der Waals surface area contributed by atoms with Crippen LogP contribution in [0.5, 0.6) is 0 Å². The van der Waals surface area contributed by atoms with Crippen LogP contribution in [0.25, 0.3) is 10.9 Å². The molecule has 20 heavy (non-hydrogen) atoms. The molecule has 0 amide bonds. The van der Waals surface area contributed by atoms with Gasteiger partial charge in [-0.25, -0.2) is 0 Å². The van der Waals surface area contributed by atoms with Gasteiger partial charge >= 0.3 is 0 Å². The summed E-state index contributed by atoms with van der Waals surface area (Å²) in [7, 11) is 4.39. The number of nitrogens with two attached hydrogens (primary N) is 1. The lowest BCUT2D eigenvalue weighted by Gasteiger charge is -2.48. The number of hydrogen-bond donors (Lipinski definition) is 1. The number of benzene rings is 1. The van der Waals surface area contributed by atoms with Gasteiger partial charge in [0.05, 0.1) is 0 Å². The highest BCUT2D eigenvalue weighted by Crippen LogP contribution is 2.45. The zero-order valence-electron chi connectivity index (χ0n) is 12.6. The summed E-state index contributed by atoms with van der Waals surface area (Å²) in [5.74, 6) is 0.572. The van der Waals surface area contributed by atoms with Crippen molar-refractivity contribution in [1.82, 2.24) is 9.47 Å². The van der Waals surface area contributed by atoms with E-state index < -0.39 is 0 Å². The highest BCUT2D eigenvalue weighted by atomic mass is 15.2. The predicted molar refractivity (Wildman–Crippen MR) is 83.0 cm³/mol. The molecule has 1 saturated heterocycles. The van der Waals surface area contributed by atoms with Gasteiger partial charge in [0.2, 0.25) is 0 Å². The van der Waals surface area contributed by atoms with Gasteiger partial charge in [0.25, 0.3) is 0 Å². The number of nitrogens with zero attached hydrogens (tertiary/aromatic N) is 2. The van der Waals surface area contributed by atoms with E-state index in [9.17, 15) is 0 Å². The van der Waals surface area contributed by atoms with Crippen molar-refractivity contribution in [3.05, 3.63) is 35.5 Å². The Balaban J connectivity index is 1.93. The van der Waals surface area contributed by atoms with Crippen molar-refractivity contribution < 1.29 is 0 Å². The van der Waals surface area contributed by atoms with Crippen LogP contribution < -0.4 is 5.73 Å². The first-order chi connectivity index (χ1) is 9.46. The van der Waals surface area contributed by atoms with Gasteiger partial charge < -0.3 is 15.2 Å². The average molecular weight is 269 g/mol. The molecular formula is C17H23N3. The zero-order chi connectivity index (χ0) is 14.1. The number of aromatic nitrogens is 1. The molecule has 0 bridgehead atoms. The molecule has 3 heteroatoms. The van der Waals surface area contributed by atoms with Gasteiger partial charge in [-0.2, -0.15) is 0 Å². The topological polar surface area (TPSA) is 34.2 Å². The second kappa shape index (κ2) is 3.86. The normalized spacial score (nSPS) is 33.4. The zero-order valence-corrected chi connectivity index (χ0v) is 12.6. The maximum Gasteiger partial charge on any atom is 0.0483 e. The molecule has 2 aromatic rings. The van der Waals surface area contributed by atoms with E-state index in [1.54, 1.807) is 0 Å². The molecule has 1 aliphatic heterocycles. The summed E-state index contributed by atoms with van der Waals surface area (Å²) in [6.45, 7) is 3.19. The summed E-state index contributed by atoms with van der Waals surface area (Å²) >= 11 is 0. The van der Waals surface area contributed by atoms with Gasteiger partial charge in [0, 0.05) is 48.2 Å². The Kier molecular flexibility index (Phi) is 2.40. The van der Waals surface area contributed by atoms with Gasteiger partial charge in [0.1, 0.15) is 0 Å². The molecule has 1 aromatic carbocycles. The molecule has 106 valence electrons. The lowest BCUT2D eigenvalue weighted by molar-refractivity contribution is 0.101. The largest absolute Gasteiger partial charge is 0.350 e. The van der Waals surface area contributed by atoms with Crippen molar-refractivity contribution in [2.45, 2.75) is 37.3 Å². The Morgan fingerprint density at radius 3 is 2.90 bits per heavy atom. The summed E-state index contributed by atoms with van der Waals surface area (Å²) in [6, 6.07) is 7.35. The first-order valence-electron chi connectivity index (χ1n) is 7.52. The Morgan fingerprint density at radius 2 is 2.10 bits per heavy atom. The predicted octanol–water partition coefficient (Wildman–Crippen LogP) is 2.24. The maximum atomic E-state index is 6.48. The highest BCUT2D eigenvalue weighted by molar-refractivity contribution is 5.89. The summed E-state index contributed by atoms with van der Waals surface area (Å²) < 4.78 is 2.27. The minimum absolute atomic E-state index is 0.0790. The number of hydrogen-bond acceptors (Lipinski definition) is 2. The van der Waals surface area contributed by atoms with Crippen LogP contribution in [0, 0.1) is 0 Å². The van der Waals surface area contributed by atoms with E-state index in [2.05, 4.69) is 54.9 Å². The third kappa shape index (κ3) is 1.60.